The van der Waals surface area contributed by atoms with Gasteiger partial charge in [0.15, 0.2) is 0 Å². The van der Waals surface area contributed by atoms with Crippen LogP contribution in [-0.4, -0.2) is 16.2 Å². The molecule has 0 saturated heterocycles. The zero-order valence-electron chi connectivity index (χ0n) is 5.70. The Hall–Kier alpha value is 0.636. The fraction of sp³-hybridized carbons (Fsp3) is 1.00. The summed E-state index contributed by atoms with van der Waals surface area (Å²) in [7, 11) is 0. The van der Waals surface area contributed by atoms with Gasteiger partial charge in [-0.3, -0.25) is 0 Å². The van der Waals surface area contributed by atoms with Crippen molar-refractivity contribution in [1.82, 2.24) is 0 Å². The van der Waals surface area contributed by atoms with Crippen LogP contribution >= 0.6 is 0 Å². The summed E-state index contributed by atoms with van der Waals surface area (Å²) in [6.07, 6.45) is 0. The second-order valence-electron chi connectivity index (χ2n) is 2.09. The molecule has 42 valence electrons. The molecule has 0 aromatic heterocycles. The van der Waals surface area contributed by atoms with Gasteiger partial charge in [-0.05, 0) is 0 Å². The van der Waals surface area contributed by atoms with E-state index >= 15 is 0 Å². The van der Waals surface area contributed by atoms with Crippen LogP contribution in [0.25, 0.3) is 0 Å². The van der Waals surface area contributed by atoms with Gasteiger partial charge in [-0.2, -0.15) is 0 Å². The van der Waals surface area contributed by atoms with Crippen molar-refractivity contribution in [2.75, 3.05) is 0 Å². The maximum atomic E-state index is 2.34. The van der Waals surface area contributed by atoms with Gasteiger partial charge in [0.05, 0.1) is 0 Å². The molecule has 1 heteroatoms. The summed E-state index contributed by atoms with van der Waals surface area (Å²) >= 11 is -0.576. The van der Waals surface area contributed by atoms with E-state index in [9.17, 15) is 0 Å². The monoisotopic (exact) mass is 91.1 g/mol. The maximum absolute atomic E-state index is 2.34. The molecule has 0 aromatic carbocycles. The first-order chi connectivity index (χ1) is 3.35. The fourth-order valence-corrected chi connectivity index (χ4v) is 4.50. The van der Waals surface area contributed by atoms with Crippen LogP contribution in [0.1, 0.15) is 20.8 Å². The van der Waals surface area contributed by atoms with Crippen molar-refractivity contribution in [1.29, 1.82) is 0 Å². The van der Waals surface area contributed by atoms with Crippen LogP contribution < -0.4 is 0 Å². The number of hydrogen-bond donors (Lipinski definition) is 0. The third-order valence-electron chi connectivity index (χ3n) is 1.73. The molecule has 0 unspecified atom stereocenters. The quantitative estimate of drug-likeness (QED) is 0.468. The second kappa shape index (κ2) is 4.79. The first-order valence-electron chi connectivity index (χ1n) is 3.35. The van der Waals surface area contributed by atoms with E-state index in [1.165, 1.54) is 0 Å². The summed E-state index contributed by atoms with van der Waals surface area (Å²) in [5, 5.41) is 0. The molecule has 0 rings (SSSR count). The van der Waals surface area contributed by atoms with Crippen molar-refractivity contribution in [3.63, 3.8) is 0 Å². The predicted molar refractivity (Wildman–Crippen MR) is 37.2 cm³/mol. The van der Waals surface area contributed by atoms with Crippen molar-refractivity contribution in [3.8, 4) is 0 Å². The minimum atomic E-state index is -0.576. The van der Waals surface area contributed by atoms with E-state index in [0.29, 0.717) is 0 Å². The molecule has 0 aliphatic rings. The van der Waals surface area contributed by atoms with Crippen molar-refractivity contribution >= 4 is 16.2 Å². The third kappa shape index (κ3) is 3.24. The van der Waals surface area contributed by atoms with E-state index < -0.39 is 16.2 Å². The van der Waals surface area contributed by atoms with E-state index in [4.69, 9.17) is 0 Å². The molecule has 0 nitrogen and oxygen atoms in total. The third-order valence-corrected chi connectivity index (χ3v) is 9.00. The first kappa shape index (κ1) is 7.64. The van der Waals surface area contributed by atoms with Crippen molar-refractivity contribution in [2.45, 2.75) is 35.7 Å². The van der Waals surface area contributed by atoms with Gasteiger partial charge in [0.25, 0.3) is 0 Å². The van der Waals surface area contributed by atoms with E-state index in [-0.39, 0.29) is 0 Å². The van der Waals surface area contributed by atoms with E-state index in [0.717, 1.165) is 0 Å². The average molecular weight is 91.2 g/mol. The Kier molecular flexibility index (Phi) is 5.22. The molecular weight excluding hydrogens is 76.1 g/mol. The standard InChI is InChI=1S/3C2H5.Ga/c3*1-2;/h3*1H2,2H3;/i;;;1-66. The molecule has 0 radical (unpaired) electrons. The topological polar surface area (TPSA) is 0 Å². The van der Waals surface area contributed by atoms with Crippen LogP contribution in [0.4, 0.5) is 0 Å². The first-order valence-corrected chi connectivity index (χ1v) is 8.49. The van der Waals surface area contributed by atoms with Crippen LogP contribution in [0.2, 0.25) is 14.9 Å². The van der Waals surface area contributed by atoms with Crippen LogP contribution in [0, 0.1) is 0 Å². The molecular formula is C6H15Ga. The van der Waals surface area contributed by atoms with Crippen molar-refractivity contribution < 1.29 is 0 Å². The molecule has 0 aromatic rings. The van der Waals surface area contributed by atoms with Gasteiger partial charge in [-0.25, -0.2) is 0 Å². The summed E-state index contributed by atoms with van der Waals surface area (Å²) in [4.78, 5) is 4.62. The van der Waals surface area contributed by atoms with Crippen molar-refractivity contribution in [2.24, 2.45) is 0 Å². The number of hydrogen-bond acceptors (Lipinski definition) is 0. The van der Waals surface area contributed by atoms with Gasteiger partial charge in [0.2, 0.25) is 0 Å². The zero-order chi connectivity index (χ0) is 5.70. The molecule has 0 aliphatic carbocycles. The molecule has 0 aliphatic heterocycles. The van der Waals surface area contributed by atoms with Gasteiger partial charge < -0.3 is 0 Å². The summed E-state index contributed by atoms with van der Waals surface area (Å²) in [6.45, 7) is 7.03. The minimum absolute atomic E-state index is 0.576. The Bertz CT molecular complexity index is 25.7. The molecule has 0 fully saturated rings. The molecule has 0 bridgehead atoms. The molecule has 0 spiro atoms. The van der Waals surface area contributed by atoms with Crippen molar-refractivity contribution in [3.05, 3.63) is 0 Å². The summed E-state index contributed by atoms with van der Waals surface area (Å²) in [5.74, 6) is 0. The average Bonchev–Trinajstić information content (AvgIpc) is 1.72. The predicted octanol–water partition coefficient (Wildman–Crippen LogP) is 2.54. The summed E-state index contributed by atoms with van der Waals surface area (Å²) in [6, 6.07) is 0. The Balaban J connectivity index is 2.99. The molecule has 0 atom stereocenters. The Labute approximate surface area is 52.3 Å². The summed E-state index contributed by atoms with van der Waals surface area (Å²) in [5.41, 5.74) is 0. The van der Waals surface area contributed by atoms with Gasteiger partial charge in [0.1, 0.15) is 0 Å². The Morgan fingerprint density at radius 3 is 1.14 bits per heavy atom. The molecule has 0 N–H and O–H groups in total. The van der Waals surface area contributed by atoms with Crippen LogP contribution in [0.3, 0.4) is 0 Å². The summed E-state index contributed by atoms with van der Waals surface area (Å²) < 4.78 is 0. The van der Waals surface area contributed by atoms with E-state index in [1.807, 2.05) is 0 Å². The van der Waals surface area contributed by atoms with Crippen LogP contribution in [-0.2, 0) is 0 Å². The van der Waals surface area contributed by atoms with E-state index in [1.54, 1.807) is 14.9 Å². The normalized spacial score (nSPS) is 9.00. The van der Waals surface area contributed by atoms with Gasteiger partial charge in [-0.15, -0.1) is 0 Å². The van der Waals surface area contributed by atoms with Gasteiger partial charge >= 0.3 is 51.9 Å². The molecule has 0 heterocycles. The van der Waals surface area contributed by atoms with Gasteiger partial charge in [-0.1, -0.05) is 0 Å². The second-order valence-corrected chi connectivity index (χ2v) is 10.9. The van der Waals surface area contributed by atoms with Gasteiger partial charge in [0, 0.05) is 0 Å². The Morgan fingerprint density at radius 1 is 0.857 bits per heavy atom. The Morgan fingerprint density at radius 2 is 1.14 bits per heavy atom. The molecule has 0 amide bonds. The zero-order valence-corrected chi connectivity index (χ0v) is 8.12. The number of rotatable bonds is 3. The SMILES string of the molecule is C[CH2][4Ga]([CH2]C)[CH2]C. The van der Waals surface area contributed by atoms with Crippen LogP contribution in [0.15, 0.2) is 0 Å². The fourth-order valence-electron chi connectivity index (χ4n) is 0.866. The van der Waals surface area contributed by atoms with E-state index in [2.05, 4.69) is 20.8 Å². The van der Waals surface area contributed by atoms with Crippen LogP contribution in [0.5, 0.6) is 0 Å². The molecule has 7 heavy (non-hydrogen) atoms. The molecule has 0 saturated carbocycles.